The first-order chi connectivity index (χ1) is 17.4. The number of anilines is 2. The highest BCUT2D eigenvalue weighted by Gasteiger charge is 2.38. The molecule has 0 saturated carbocycles. The predicted molar refractivity (Wildman–Crippen MR) is 123 cm³/mol. The molecule has 0 aliphatic carbocycles. The molecule has 0 radical (unpaired) electrons. The van der Waals surface area contributed by atoms with Crippen molar-refractivity contribution in [3.8, 4) is 34.2 Å². The lowest BCUT2D eigenvalue weighted by molar-refractivity contribution is -0.193. The molecule has 3 rings (SSSR count). The van der Waals surface area contributed by atoms with Crippen LogP contribution in [-0.2, 0) is 9.59 Å². The SMILES string of the molecule is N#Cc1c(-c2ccc(Cl)c(N)c2)cc(-c2ccccc2O)nc1N.O=C(O)C(F)(F)F.O=C(O)C(F)(F)F. The molecular weight excluding hydrogens is 550 g/mol. The molecule has 0 aliphatic heterocycles. The molecule has 1 heterocycles. The lowest BCUT2D eigenvalue weighted by Gasteiger charge is -2.12. The zero-order chi connectivity index (χ0) is 29.4. The van der Waals surface area contributed by atoms with Crippen LogP contribution in [0.25, 0.3) is 22.4 Å². The van der Waals surface area contributed by atoms with Gasteiger partial charge in [0.15, 0.2) is 0 Å². The standard InChI is InChI=1S/C18H13ClN4O.2C2HF3O2/c19-14-6-5-10(7-15(14)21)12-8-16(23-18(22)13(12)9-20)11-3-1-2-4-17(11)24;2*3-2(4,5)1(6)7/h1-8,24H,21H2,(H2,22,23);2*(H,6,7). The minimum absolute atomic E-state index is 0.0793. The predicted octanol–water partition coefficient (Wildman–Crippen LogP) is 5.08. The van der Waals surface area contributed by atoms with Crippen molar-refractivity contribution < 1.29 is 51.3 Å². The van der Waals surface area contributed by atoms with Crippen LogP contribution in [0.15, 0.2) is 48.5 Å². The summed E-state index contributed by atoms with van der Waals surface area (Å²) in [4.78, 5) is 22.0. The molecule has 202 valence electrons. The third-order valence-corrected chi connectivity index (χ3v) is 4.48. The molecule has 1 aromatic heterocycles. The van der Waals surface area contributed by atoms with Gasteiger partial charge in [0.05, 0.1) is 16.4 Å². The van der Waals surface area contributed by atoms with Gasteiger partial charge in [-0.1, -0.05) is 29.8 Å². The van der Waals surface area contributed by atoms with Crippen molar-refractivity contribution in [3.05, 3.63) is 59.1 Å². The number of nitrogens with zero attached hydrogens (tertiary/aromatic N) is 2. The molecule has 0 aliphatic rings. The number of halogens is 7. The number of carbonyl (C=O) groups is 2. The number of aromatic nitrogens is 1. The van der Waals surface area contributed by atoms with Crippen LogP contribution in [0.2, 0.25) is 5.02 Å². The Kier molecular flexibility index (Phi) is 10.3. The Balaban J connectivity index is 0.000000426. The van der Waals surface area contributed by atoms with Crippen LogP contribution in [0.5, 0.6) is 5.75 Å². The summed E-state index contributed by atoms with van der Waals surface area (Å²) < 4.78 is 63.5. The van der Waals surface area contributed by atoms with Gasteiger partial charge in [-0.3, -0.25) is 0 Å². The second-order valence-electron chi connectivity index (χ2n) is 6.79. The maximum absolute atomic E-state index is 10.6. The smallest absolute Gasteiger partial charge is 0.490 e. The molecule has 0 atom stereocenters. The maximum atomic E-state index is 10.6. The molecule has 0 spiro atoms. The highest BCUT2D eigenvalue weighted by atomic mass is 35.5. The van der Waals surface area contributed by atoms with Gasteiger partial charge in [0.2, 0.25) is 0 Å². The molecule has 0 fully saturated rings. The van der Waals surface area contributed by atoms with Gasteiger partial charge in [-0.25, -0.2) is 14.6 Å². The number of phenolic OH excluding ortho intramolecular Hbond substituents is 1. The summed E-state index contributed by atoms with van der Waals surface area (Å²) in [5.41, 5.74) is 14.7. The maximum Gasteiger partial charge on any atom is 0.490 e. The van der Waals surface area contributed by atoms with Crippen molar-refractivity contribution in [2.45, 2.75) is 12.4 Å². The van der Waals surface area contributed by atoms with Gasteiger partial charge in [-0.05, 0) is 35.9 Å². The van der Waals surface area contributed by atoms with E-state index in [1.807, 2.05) is 0 Å². The van der Waals surface area contributed by atoms with E-state index in [-0.39, 0.29) is 17.1 Å². The van der Waals surface area contributed by atoms with Crippen LogP contribution >= 0.6 is 11.6 Å². The summed E-state index contributed by atoms with van der Waals surface area (Å²) in [6.07, 6.45) is -10.2. The Hall–Kier alpha value is -4.71. The molecule has 0 saturated heterocycles. The van der Waals surface area contributed by atoms with E-state index in [0.717, 1.165) is 0 Å². The van der Waals surface area contributed by atoms with Crippen LogP contribution < -0.4 is 11.5 Å². The van der Waals surface area contributed by atoms with Crippen LogP contribution in [-0.4, -0.2) is 44.6 Å². The van der Waals surface area contributed by atoms with E-state index in [2.05, 4.69) is 11.1 Å². The average molecular weight is 565 g/mol. The zero-order valence-electron chi connectivity index (χ0n) is 18.5. The number of benzene rings is 2. The number of alkyl halides is 6. The van der Waals surface area contributed by atoms with Gasteiger partial charge >= 0.3 is 24.3 Å². The Bertz CT molecular complexity index is 1350. The van der Waals surface area contributed by atoms with E-state index < -0.39 is 24.3 Å². The largest absolute Gasteiger partial charge is 0.507 e. The van der Waals surface area contributed by atoms with Crippen LogP contribution in [0.4, 0.5) is 37.8 Å². The first-order valence-corrected chi connectivity index (χ1v) is 9.92. The number of phenols is 1. The summed E-state index contributed by atoms with van der Waals surface area (Å²) in [6, 6.07) is 15.6. The van der Waals surface area contributed by atoms with Crippen LogP contribution in [0, 0.1) is 11.3 Å². The topological polar surface area (TPSA) is 184 Å². The summed E-state index contributed by atoms with van der Waals surface area (Å²) >= 11 is 5.96. The second kappa shape index (κ2) is 12.5. The van der Waals surface area contributed by atoms with Gasteiger partial charge in [0, 0.05) is 11.1 Å². The second-order valence-corrected chi connectivity index (χ2v) is 7.19. The number of nitrogen functional groups attached to an aromatic ring is 2. The summed E-state index contributed by atoms with van der Waals surface area (Å²) in [6.45, 7) is 0. The Morgan fingerprint density at radius 2 is 1.39 bits per heavy atom. The minimum Gasteiger partial charge on any atom is -0.507 e. The van der Waals surface area contributed by atoms with Gasteiger partial charge in [-0.2, -0.15) is 31.6 Å². The number of para-hydroxylation sites is 1. The molecule has 3 aromatic rings. The lowest BCUT2D eigenvalue weighted by atomic mass is 9.98. The normalized spacial score (nSPS) is 10.7. The molecule has 7 N–H and O–H groups in total. The number of aromatic hydroxyl groups is 1. The van der Waals surface area contributed by atoms with E-state index in [1.54, 1.807) is 48.5 Å². The number of hydrogen-bond acceptors (Lipinski definition) is 7. The Morgan fingerprint density at radius 3 is 1.82 bits per heavy atom. The minimum atomic E-state index is -5.08. The molecule has 16 heteroatoms. The average Bonchev–Trinajstić information content (AvgIpc) is 2.80. The fraction of sp³-hybridized carbons (Fsp3) is 0.0909. The third kappa shape index (κ3) is 8.75. The molecule has 0 amide bonds. The number of carboxylic acid groups (broad SMARTS) is 2. The molecular formula is C22H15ClF6N4O5. The molecule has 2 aromatic carbocycles. The monoisotopic (exact) mass is 564 g/mol. The Morgan fingerprint density at radius 1 is 0.895 bits per heavy atom. The number of nitriles is 1. The van der Waals surface area contributed by atoms with Gasteiger partial charge in [0.1, 0.15) is 23.2 Å². The van der Waals surface area contributed by atoms with E-state index in [0.29, 0.717) is 33.1 Å². The number of rotatable bonds is 2. The van der Waals surface area contributed by atoms with Gasteiger partial charge < -0.3 is 26.8 Å². The zero-order valence-corrected chi connectivity index (χ0v) is 19.2. The number of hydrogen-bond donors (Lipinski definition) is 5. The number of nitrogens with two attached hydrogens (primary N) is 2. The van der Waals surface area contributed by atoms with Gasteiger partial charge in [0.25, 0.3) is 0 Å². The van der Waals surface area contributed by atoms with E-state index in [1.165, 1.54) is 0 Å². The first-order valence-electron chi connectivity index (χ1n) is 9.54. The molecule has 0 bridgehead atoms. The van der Waals surface area contributed by atoms with E-state index >= 15 is 0 Å². The summed E-state index contributed by atoms with van der Waals surface area (Å²) in [5.74, 6) is -5.35. The van der Waals surface area contributed by atoms with E-state index in [4.69, 9.17) is 42.9 Å². The van der Waals surface area contributed by atoms with Crippen molar-refractivity contribution in [2.24, 2.45) is 0 Å². The number of carboxylic acids is 2. The highest BCUT2D eigenvalue weighted by Crippen LogP contribution is 2.35. The lowest BCUT2D eigenvalue weighted by Crippen LogP contribution is -2.21. The van der Waals surface area contributed by atoms with Crippen molar-refractivity contribution in [1.82, 2.24) is 4.98 Å². The van der Waals surface area contributed by atoms with Crippen molar-refractivity contribution in [1.29, 1.82) is 5.26 Å². The number of aliphatic carboxylic acids is 2. The van der Waals surface area contributed by atoms with Crippen molar-refractivity contribution in [3.63, 3.8) is 0 Å². The molecule has 0 unspecified atom stereocenters. The third-order valence-electron chi connectivity index (χ3n) is 4.13. The van der Waals surface area contributed by atoms with Crippen molar-refractivity contribution in [2.75, 3.05) is 11.5 Å². The fourth-order valence-electron chi connectivity index (χ4n) is 2.45. The number of pyridine rings is 1. The highest BCUT2D eigenvalue weighted by molar-refractivity contribution is 6.33. The summed E-state index contributed by atoms with van der Waals surface area (Å²) in [7, 11) is 0. The Labute approximate surface area is 214 Å². The van der Waals surface area contributed by atoms with Gasteiger partial charge in [-0.15, -0.1) is 0 Å². The van der Waals surface area contributed by atoms with Crippen LogP contribution in [0.3, 0.4) is 0 Å². The quantitative estimate of drug-likeness (QED) is 0.209. The summed E-state index contributed by atoms with van der Waals surface area (Å²) in [5, 5.41) is 34.1. The first kappa shape index (κ1) is 31.3. The van der Waals surface area contributed by atoms with Crippen molar-refractivity contribution >= 4 is 35.0 Å². The molecule has 9 nitrogen and oxygen atoms in total. The fourth-order valence-corrected chi connectivity index (χ4v) is 2.57. The van der Waals surface area contributed by atoms with E-state index in [9.17, 15) is 36.7 Å². The molecule has 38 heavy (non-hydrogen) atoms. The van der Waals surface area contributed by atoms with Crippen LogP contribution in [0.1, 0.15) is 5.56 Å².